The molecular weight excluding hydrogens is 811 g/mol. The van der Waals surface area contributed by atoms with Gasteiger partial charge in [-0.25, -0.2) is 9.97 Å². The fraction of sp³-hybridized carbons (Fsp3) is 0.0938. The first-order valence-electron chi connectivity index (χ1n) is 23.8. The minimum Gasteiger partial charge on any atom is -0.309 e. The number of rotatable bonds is 7. The zero-order chi connectivity index (χ0) is 44.3. The molecule has 0 unspecified atom stereocenters. The highest BCUT2D eigenvalue weighted by atomic mass is 15.0. The molecule has 1 fully saturated rings. The number of nitrogens with zero attached hydrogens (tertiary/aromatic N) is 3. The Morgan fingerprint density at radius 1 is 0.328 bits per heavy atom. The molecule has 0 bridgehead atoms. The van der Waals surface area contributed by atoms with Crippen LogP contribution < -0.4 is 0 Å². The molecule has 0 atom stereocenters. The SMILES string of the molecule is c1ccc(-c2ccc(-c3cc(-c4cccc(-c5ccc6c(c5)-c5cc7c(cc5C65CCCCC5)c5ccccc5n7-c5cccc(-c6ccccc6)c5)c4)nc(-c4ccccc4)n3)cc2)cc1. The number of benzene rings is 9. The van der Waals surface area contributed by atoms with Gasteiger partial charge >= 0.3 is 0 Å². The van der Waals surface area contributed by atoms with Gasteiger partial charge in [-0.15, -0.1) is 0 Å². The smallest absolute Gasteiger partial charge is 0.160 e. The molecule has 2 aromatic heterocycles. The zero-order valence-electron chi connectivity index (χ0n) is 37.2. The minimum absolute atomic E-state index is 0.0123. The van der Waals surface area contributed by atoms with Crippen LogP contribution in [0.2, 0.25) is 0 Å². The maximum absolute atomic E-state index is 5.23. The van der Waals surface area contributed by atoms with Crippen molar-refractivity contribution in [2.24, 2.45) is 0 Å². The van der Waals surface area contributed by atoms with Crippen LogP contribution >= 0.6 is 0 Å². The molecule has 13 rings (SSSR count). The lowest BCUT2D eigenvalue weighted by atomic mass is 9.67. The second-order valence-corrected chi connectivity index (χ2v) is 18.4. The molecule has 2 heterocycles. The van der Waals surface area contributed by atoms with Crippen LogP contribution in [0.15, 0.2) is 224 Å². The van der Waals surface area contributed by atoms with Gasteiger partial charge in [0.25, 0.3) is 0 Å². The van der Waals surface area contributed by atoms with Crippen LogP contribution in [0.4, 0.5) is 0 Å². The highest BCUT2D eigenvalue weighted by molar-refractivity contribution is 6.11. The Morgan fingerprint density at radius 2 is 0.866 bits per heavy atom. The van der Waals surface area contributed by atoms with Crippen molar-refractivity contribution in [2.75, 3.05) is 0 Å². The number of fused-ring (bicyclic) bond motifs is 8. The second-order valence-electron chi connectivity index (χ2n) is 18.4. The van der Waals surface area contributed by atoms with E-state index >= 15 is 0 Å². The Bertz CT molecular complexity index is 3640. The molecule has 2 aliphatic carbocycles. The average Bonchev–Trinajstić information content (AvgIpc) is 3.87. The summed E-state index contributed by atoms with van der Waals surface area (Å²) in [4.78, 5) is 10.4. The van der Waals surface area contributed by atoms with Crippen molar-refractivity contribution < 1.29 is 0 Å². The van der Waals surface area contributed by atoms with Crippen LogP contribution in [0, 0.1) is 0 Å². The highest BCUT2D eigenvalue weighted by Gasteiger charge is 2.44. The molecule has 0 N–H and O–H groups in total. The van der Waals surface area contributed by atoms with E-state index in [0.717, 1.165) is 28.1 Å². The molecule has 11 aromatic rings. The Morgan fingerprint density at radius 3 is 1.61 bits per heavy atom. The van der Waals surface area contributed by atoms with Crippen molar-refractivity contribution in [1.82, 2.24) is 14.5 Å². The molecule has 1 spiro atoms. The van der Waals surface area contributed by atoms with Gasteiger partial charge in [-0.05, 0) is 117 Å². The van der Waals surface area contributed by atoms with Crippen molar-refractivity contribution in [2.45, 2.75) is 37.5 Å². The van der Waals surface area contributed by atoms with Crippen molar-refractivity contribution in [3.63, 3.8) is 0 Å². The molecule has 0 aliphatic heterocycles. The minimum atomic E-state index is 0.0123. The van der Waals surface area contributed by atoms with E-state index in [2.05, 4.69) is 223 Å². The lowest BCUT2D eigenvalue weighted by Crippen LogP contribution is -2.28. The molecule has 318 valence electrons. The van der Waals surface area contributed by atoms with E-state index in [1.165, 1.54) is 115 Å². The van der Waals surface area contributed by atoms with Gasteiger partial charge in [0, 0.05) is 38.6 Å². The average molecular weight is 858 g/mol. The van der Waals surface area contributed by atoms with Crippen LogP contribution in [0.5, 0.6) is 0 Å². The Kier molecular flexibility index (Phi) is 9.42. The first-order chi connectivity index (χ1) is 33.2. The third-order valence-electron chi connectivity index (χ3n) is 14.6. The third kappa shape index (κ3) is 6.72. The molecule has 0 amide bonds. The van der Waals surface area contributed by atoms with E-state index in [0.29, 0.717) is 5.82 Å². The summed E-state index contributed by atoms with van der Waals surface area (Å²) < 4.78 is 2.49. The second kappa shape index (κ2) is 16.1. The predicted molar refractivity (Wildman–Crippen MR) is 278 cm³/mol. The van der Waals surface area contributed by atoms with E-state index in [4.69, 9.17) is 9.97 Å². The Balaban J connectivity index is 0.940. The van der Waals surface area contributed by atoms with Gasteiger partial charge in [0.15, 0.2) is 5.82 Å². The Labute approximate surface area is 391 Å². The monoisotopic (exact) mass is 857 g/mol. The van der Waals surface area contributed by atoms with Crippen LogP contribution in [0.25, 0.3) is 106 Å². The predicted octanol–water partition coefficient (Wildman–Crippen LogP) is 16.8. The van der Waals surface area contributed by atoms with E-state index in [-0.39, 0.29) is 5.41 Å². The molecule has 67 heavy (non-hydrogen) atoms. The number of para-hydroxylation sites is 1. The van der Waals surface area contributed by atoms with Crippen molar-refractivity contribution in [1.29, 1.82) is 0 Å². The lowest BCUT2D eigenvalue weighted by Gasteiger charge is -2.36. The number of hydrogen-bond donors (Lipinski definition) is 0. The third-order valence-corrected chi connectivity index (χ3v) is 14.6. The summed E-state index contributed by atoms with van der Waals surface area (Å²) in [5, 5.41) is 2.63. The lowest BCUT2D eigenvalue weighted by molar-refractivity contribution is 0.353. The molecule has 2 aliphatic rings. The van der Waals surface area contributed by atoms with Gasteiger partial charge < -0.3 is 4.57 Å². The van der Waals surface area contributed by atoms with Crippen LogP contribution in [-0.4, -0.2) is 14.5 Å². The summed E-state index contributed by atoms with van der Waals surface area (Å²) in [5.41, 5.74) is 21.5. The fourth-order valence-electron chi connectivity index (χ4n) is 11.4. The fourth-order valence-corrected chi connectivity index (χ4v) is 11.4. The molecular formula is C64H47N3. The highest BCUT2D eigenvalue weighted by Crippen LogP contribution is 2.58. The maximum atomic E-state index is 5.23. The first-order valence-corrected chi connectivity index (χ1v) is 23.8. The topological polar surface area (TPSA) is 30.7 Å². The van der Waals surface area contributed by atoms with Crippen LogP contribution in [0.3, 0.4) is 0 Å². The Hall–Kier alpha value is -8.14. The number of hydrogen-bond acceptors (Lipinski definition) is 2. The number of aromatic nitrogens is 3. The van der Waals surface area contributed by atoms with Crippen LogP contribution in [-0.2, 0) is 5.41 Å². The summed E-state index contributed by atoms with van der Waals surface area (Å²) in [6.45, 7) is 0. The summed E-state index contributed by atoms with van der Waals surface area (Å²) >= 11 is 0. The molecule has 3 nitrogen and oxygen atoms in total. The molecule has 0 radical (unpaired) electrons. The molecule has 1 saturated carbocycles. The van der Waals surface area contributed by atoms with Crippen molar-refractivity contribution in [3.05, 3.63) is 236 Å². The molecule has 3 heteroatoms. The van der Waals surface area contributed by atoms with Crippen molar-refractivity contribution in [3.8, 4) is 84.1 Å². The standard InChI is InChI=1S/C64H47N3/c1-5-17-43(18-6-1)45-29-31-46(32-30-45)59-42-60(66-63(65-59)47-21-9-3-10-22-47)51-25-15-23-48(37-51)50-33-34-57-54(39-50)55-41-62-56(40-58(55)64(57)35-13-4-14-36-64)53-27-11-12-28-61(53)67(62)52-26-16-24-49(38-52)44-19-7-2-8-20-44/h1-3,5-12,15-34,37-42H,4,13-14,35-36H2. The quantitative estimate of drug-likeness (QED) is 0.160. The van der Waals surface area contributed by atoms with E-state index < -0.39 is 0 Å². The maximum Gasteiger partial charge on any atom is 0.160 e. The zero-order valence-corrected chi connectivity index (χ0v) is 37.2. The van der Waals surface area contributed by atoms with Gasteiger partial charge in [-0.2, -0.15) is 0 Å². The largest absolute Gasteiger partial charge is 0.309 e. The first kappa shape index (κ1) is 39.2. The van der Waals surface area contributed by atoms with Crippen LogP contribution in [0.1, 0.15) is 43.2 Å². The van der Waals surface area contributed by atoms with Gasteiger partial charge in [0.05, 0.1) is 22.4 Å². The summed E-state index contributed by atoms with van der Waals surface area (Å²) in [6, 6.07) is 81.8. The summed E-state index contributed by atoms with van der Waals surface area (Å²) in [5.74, 6) is 0.716. The molecule has 9 aromatic carbocycles. The van der Waals surface area contributed by atoms with Gasteiger partial charge in [-0.1, -0.05) is 195 Å². The van der Waals surface area contributed by atoms with Crippen molar-refractivity contribution >= 4 is 21.8 Å². The normalized spacial score (nSPS) is 13.8. The summed E-state index contributed by atoms with van der Waals surface area (Å²) in [6.07, 6.45) is 6.15. The van der Waals surface area contributed by atoms with Gasteiger partial charge in [0.1, 0.15) is 0 Å². The van der Waals surface area contributed by atoms with Gasteiger partial charge in [-0.3, -0.25) is 0 Å². The van der Waals surface area contributed by atoms with E-state index in [1.807, 2.05) is 6.07 Å². The van der Waals surface area contributed by atoms with E-state index in [9.17, 15) is 0 Å². The van der Waals surface area contributed by atoms with E-state index in [1.54, 1.807) is 0 Å². The van der Waals surface area contributed by atoms with Gasteiger partial charge in [0.2, 0.25) is 0 Å². The molecule has 0 saturated heterocycles. The summed E-state index contributed by atoms with van der Waals surface area (Å²) in [7, 11) is 0.